The van der Waals surface area contributed by atoms with Crippen LogP contribution in [0.3, 0.4) is 0 Å². The fourth-order valence-corrected chi connectivity index (χ4v) is 2.74. The quantitative estimate of drug-likeness (QED) is 0.421. The maximum atomic E-state index is 13.0. The number of esters is 1. The molecule has 0 atom stereocenters. The first-order valence-corrected chi connectivity index (χ1v) is 9.07. The molecule has 150 valence electrons. The van der Waals surface area contributed by atoms with Gasteiger partial charge in [0.1, 0.15) is 12.4 Å². The predicted octanol–water partition coefficient (Wildman–Crippen LogP) is 3.98. The van der Waals surface area contributed by atoms with Crippen LogP contribution in [0.15, 0.2) is 53.1 Å². The van der Waals surface area contributed by atoms with Crippen LogP contribution in [0.25, 0.3) is 0 Å². The topological polar surface area (TPSA) is 87.9 Å². The molecule has 0 fully saturated rings. The molecular formula is C22H21NO6. The number of ketones is 1. The number of benzene rings is 2. The molecule has 7 heteroatoms. The van der Waals surface area contributed by atoms with E-state index in [0.29, 0.717) is 17.3 Å². The number of carbonyl (C=O) groups excluding carboxylic acids is 2. The fourth-order valence-electron chi connectivity index (χ4n) is 2.74. The first-order valence-electron chi connectivity index (χ1n) is 9.07. The van der Waals surface area contributed by atoms with Gasteiger partial charge in [0.2, 0.25) is 5.78 Å². The Balaban J connectivity index is 2.02. The van der Waals surface area contributed by atoms with Gasteiger partial charge in [0, 0.05) is 11.6 Å². The molecule has 1 aromatic heterocycles. The van der Waals surface area contributed by atoms with Gasteiger partial charge in [-0.2, -0.15) is 0 Å². The highest BCUT2D eigenvalue weighted by Crippen LogP contribution is 2.33. The maximum Gasteiger partial charge on any atom is 0.339 e. The standard InChI is InChI=1S/C22H21NO6/c1-4-27-22(25)17-12-19(26-3)20(28-13-15-8-6-5-7-9-15)11-16(17)21(24)18-10-14(2)29-23-18/h5-12H,4,13H2,1-3H3. The fraction of sp³-hybridized carbons (Fsp3) is 0.227. The van der Waals surface area contributed by atoms with Crippen molar-refractivity contribution in [2.75, 3.05) is 13.7 Å². The van der Waals surface area contributed by atoms with Gasteiger partial charge in [-0.25, -0.2) is 4.79 Å². The van der Waals surface area contributed by atoms with Crippen LogP contribution in [0, 0.1) is 6.92 Å². The van der Waals surface area contributed by atoms with Gasteiger partial charge in [-0.3, -0.25) is 4.79 Å². The third-order valence-corrected chi connectivity index (χ3v) is 4.14. The highest BCUT2D eigenvalue weighted by atomic mass is 16.5. The Morgan fingerprint density at radius 1 is 1.03 bits per heavy atom. The van der Waals surface area contributed by atoms with Gasteiger partial charge in [0.05, 0.1) is 19.3 Å². The molecule has 0 aliphatic heterocycles. The summed E-state index contributed by atoms with van der Waals surface area (Å²) in [5, 5.41) is 3.76. The normalized spacial score (nSPS) is 10.4. The first kappa shape index (κ1) is 20.1. The smallest absolute Gasteiger partial charge is 0.339 e. The van der Waals surface area contributed by atoms with E-state index in [-0.39, 0.29) is 30.0 Å². The SMILES string of the molecule is CCOC(=O)c1cc(OC)c(OCc2ccccc2)cc1C(=O)c1cc(C)on1. The van der Waals surface area contributed by atoms with Crippen molar-refractivity contribution in [1.29, 1.82) is 0 Å². The Hall–Kier alpha value is -3.61. The summed E-state index contributed by atoms with van der Waals surface area (Å²) in [5.74, 6) is 0.0195. The third kappa shape index (κ3) is 4.63. The lowest BCUT2D eigenvalue weighted by Crippen LogP contribution is -2.14. The Labute approximate surface area is 168 Å². The minimum atomic E-state index is -0.635. The van der Waals surface area contributed by atoms with Crippen LogP contribution >= 0.6 is 0 Å². The zero-order valence-electron chi connectivity index (χ0n) is 16.4. The number of aryl methyl sites for hydroxylation is 1. The first-order chi connectivity index (χ1) is 14.0. The minimum absolute atomic E-state index is 0.0708. The van der Waals surface area contributed by atoms with E-state index in [2.05, 4.69) is 5.16 Å². The van der Waals surface area contributed by atoms with Crippen LogP contribution in [0.1, 0.15) is 44.7 Å². The molecule has 3 aromatic rings. The zero-order chi connectivity index (χ0) is 20.8. The molecule has 0 aliphatic carbocycles. The molecule has 0 N–H and O–H groups in total. The number of aromatic nitrogens is 1. The lowest BCUT2D eigenvalue weighted by atomic mass is 10.00. The minimum Gasteiger partial charge on any atom is -0.493 e. The Morgan fingerprint density at radius 2 is 1.76 bits per heavy atom. The third-order valence-electron chi connectivity index (χ3n) is 4.14. The van der Waals surface area contributed by atoms with Crippen LogP contribution in [0.2, 0.25) is 0 Å². The molecule has 0 saturated carbocycles. The number of ether oxygens (including phenoxy) is 3. The Morgan fingerprint density at radius 3 is 2.38 bits per heavy atom. The van der Waals surface area contributed by atoms with Crippen LogP contribution in [-0.2, 0) is 11.3 Å². The van der Waals surface area contributed by atoms with Gasteiger partial charge in [-0.15, -0.1) is 0 Å². The monoisotopic (exact) mass is 395 g/mol. The molecule has 0 unspecified atom stereocenters. The summed E-state index contributed by atoms with van der Waals surface area (Å²) in [6.45, 7) is 3.81. The summed E-state index contributed by atoms with van der Waals surface area (Å²) in [7, 11) is 1.46. The second kappa shape index (κ2) is 9.05. The highest BCUT2D eigenvalue weighted by Gasteiger charge is 2.25. The number of carbonyl (C=O) groups is 2. The number of rotatable bonds is 8. The van der Waals surface area contributed by atoms with Crippen molar-refractivity contribution in [2.45, 2.75) is 20.5 Å². The summed E-state index contributed by atoms with van der Waals surface area (Å²) in [5.41, 5.74) is 1.21. The van der Waals surface area contributed by atoms with Gasteiger partial charge in [0.15, 0.2) is 17.2 Å². The van der Waals surface area contributed by atoms with Crippen LogP contribution in [-0.4, -0.2) is 30.6 Å². The second-order valence-corrected chi connectivity index (χ2v) is 6.20. The lowest BCUT2D eigenvalue weighted by molar-refractivity contribution is 0.0523. The highest BCUT2D eigenvalue weighted by molar-refractivity contribution is 6.14. The predicted molar refractivity (Wildman–Crippen MR) is 104 cm³/mol. The molecule has 3 rings (SSSR count). The molecule has 7 nitrogen and oxygen atoms in total. The van der Waals surface area contributed by atoms with Crippen molar-refractivity contribution in [3.63, 3.8) is 0 Å². The van der Waals surface area contributed by atoms with E-state index in [4.69, 9.17) is 18.7 Å². The van der Waals surface area contributed by atoms with Gasteiger partial charge in [0.25, 0.3) is 0 Å². The molecule has 1 heterocycles. The van der Waals surface area contributed by atoms with Gasteiger partial charge < -0.3 is 18.7 Å². The average Bonchev–Trinajstić information content (AvgIpc) is 3.18. The van der Waals surface area contributed by atoms with Crippen LogP contribution < -0.4 is 9.47 Å². The van der Waals surface area contributed by atoms with E-state index < -0.39 is 11.8 Å². The number of nitrogens with zero attached hydrogens (tertiary/aromatic N) is 1. The number of hydrogen-bond acceptors (Lipinski definition) is 7. The second-order valence-electron chi connectivity index (χ2n) is 6.20. The molecule has 2 aromatic carbocycles. The van der Waals surface area contributed by atoms with E-state index >= 15 is 0 Å². The van der Waals surface area contributed by atoms with Crippen molar-refractivity contribution in [3.8, 4) is 11.5 Å². The molecule has 0 saturated heterocycles. The molecule has 0 spiro atoms. The summed E-state index contributed by atoms with van der Waals surface area (Å²) in [6.07, 6.45) is 0. The van der Waals surface area contributed by atoms with E-state index in [1.807, 2.05) is 30.3 Å². The number of methoxy groups -OCH3 is 1. The molecule has 0 radical (unpaired) electrons. The summed E-state index contributed by atoms with van der Waals surface area (Å²) in [6, 6.07) is 14.0. The van der Waals surface area contributed by atoms with Crippen molar-refractivity contribution < 1.29 is 28.3 Å². The summed E-state index contributed by atoms with van der Waals surface area (Å²) >= 11 is 0. The lowest BCUT2D eigenvalue weighted by Gasteiger charge is -2.15. The Bertz CT molecular complexity index is 1010. The van der Waals surface area contributed by atoms with Crippen molar-refractivity contribution in [3.05, 3.63) is 76.7 Å². The van der Waals surface area contributed by atoms with Crippen molar-refractivity contribution in [2.24, 2.45) is 0 Å². The zero-order valence-corrected chi connectivity index (χ0v) is 16.4. The summed E-state index contributed by atoms with van der Waals surface area (Å²) in [4.78, 5) is 25.4. The van der Waals surface area contributed by atoms with E-state index in [9.17, 15) is 9.59 Å². The number of hydrogen-bond donors (Lipinski definition) is 0. The molecule has 0 bridgehead atoms. The van der Waals surface area contributed by atoms with E-state index in [1.54, 1.807) is 13.8 Å². The van der Waals surface area contributed by atoms with Gasteiger partial charge in [-0.05, 0) is 31.5 Å². The summed E-state index contributed by atoms with van der Waals surface area (Å²) < 4.78 is 21.3. The molecule has 0 aliphatic rings. The molecular weight excluding hydrogens is 374 g/mol. The molecule has 29 heavy (non-hydrogen) atoms. The van der Waals surface area contributed by atoms with Crippen molar-refractivity contribution in [1.82, 2.24) is 5.16 Å². The largest absolute Gasteiger partial charge is 0.493 e. The van der Waals surface area contributed by atoms with Crippen LogP contribution in [0.5, 0.6) is 11.5 Å². The van der Waals surface area contributed by atoms with Crippen LogP contribution in [0.4, 0.5) is 0 Å². The van der Waals surface area contributed by atoms with Crippen molar-refractivity contribution >= 4 is 11.8 Å². The van der Waals surface area contributed by atoms with Gasteiger partial charge >= 0.3 is 5.97 Å². The maximum absolute atomic E-state index is 13.0. The molecule has 0 amide bonds. The average molecular weight is 395 g/mol. The Kier molecular flexibility index (Phi) is 6.29. The van der Waals surface area contributed by atoms with Gasteiger partial charge in [-0.1, -0.05) is 35.5 Å². The van der Waals surface area contributed by atoms with E-state index in [1.165, 1.54) is 25.3 Å². The van der Waals surface area contributed by atoms with E-state index in [0.717, 1.165) is 5.56 Å².